The number of hydrogen-bond donors (Lipinski definition) is 1. The van der Waals surface area contributed by atoms with Crippen molar-refractivity contribution in [1.82, 2.24) is 5.32 Å². The Kier molecular flexibility index (Phi) is 4.68. The Hall–Kier alpha value is -1.69. The number of ether oxygens (including phenoxy) is 1. The van der Waals surface area contributed by atoms with Crippen molar-refractivity contribution in [1.29, 1.82) is 0 Å². The van der Waals surface area contributed by atoms with E-state index in [0.717, 1.165) is 32.4 Å². The Labute approximate surface area is 110 Å². The molecular formula is C13H17FN2O3. The summed E-state index contributed by atoms with van der Waals surface area (Å²) in [5.74, 6) is -0.381. The maximum atomic E-state index is 13.5. The molecule has 0 saturated carbocycles. The summed E-state index contributed by atoms with van der Waals surface area (Å²) >= 11 is 0. The van der Waals surface area contributed by atoms with E-state index >= 15 is 0 Å². The minimum absolute atomic E-state index is 0.249. The van der Waals surface area contributed by atoms with Crippen LogP contribution in [0.4, 0.5) is 10.1 Å². The highest BCUT2D eigenvalue weighted by molar-refractivity contribution is 5.46. The van der Waals surface area contributed by atoms with Crippen LogP contribution >= 0.6 is 0 Å². The molecule has 5 nitrogen and oxygen atoms in total. The molecule has 6 heteroatoms. The smallest absolute Gasteiger partial charge is 0.314 e. The van der Waals surface area contributed by atoms with E-state index in [-0.39, 0.29) is 11.4 Å². The number of nitro benzene ring substituents is 1. The number of nitro groups is 1. The number of halogens is 1. The second kappa shape index (κ2) is 6.47. The second-order valence-corrected chi connectivity index (χ2v) is 4.68. The van der Waals surface area contributed by atoms with Crippen LogP contribution in [0.5, 0.6) is 5.75 Å². The molecule has 1 N–H and O–H groups in total. The Bertz CT molecular complexity index is 448. The quantitative estimate of drug-likeness (QED) is 0.658. The molecule has 0 radical (unpaired) electrons. The van der Waals surface area contributed by atoms with Crippen molar-refractivity contribution in [3.05, 3.63) is 34.1 Å². The molecule has 2 rings (SSSR count). The Morgan fingerprint density at radius 3 is 2.84 bits per heavy atom. The average molecular weight is 268 g/mol. The average Bonchev–Trinajstić information content (AvgIpc) is 2.41. The first-order valence-electron chi connectivity index (χ1n) is 6.45. The third-order valence-electron chi connectivity index (χ3n) is 3.37. The third kappa shape index (κ3) is 3.64. The number of nitrogens with zero attached hydrogens (tertiary/aromatic N) is 1. The summed E-state index contributed by atoms with van der Waals surface area (Å²) in [4.78, 5) is 10.2. The van der Waals surface area contributed by atoms with E-state index in [1.54, 1.807) is 0 Å². The van der Waals surface area contributed by atoms with E-state index < -0.39 is 10.7 Å². The van der Waals surface area contributed by atoms with Gasteiger partial charge in [0.05, 0.1) is 11.5 Å². The molecule has 0 spiro atoms. The molecule has 0 aliphatic carbocycles. The first-order chi connectivity index (χ1) is 9.18. The standard InChI is InChI=1S/C13H17FN2O3/c14-11-2-1-3-12(16(17)18)13(11)19-9-6-10-4-7-15-8-5-10/h1-3,10,15H,4-9H2. The van der Waals surface area contributed by atoms with Gasteiger partial charge >= 0.3 is 5.69 Å². The van der Waals surface area contributed by atoms with Crippen LogP contribution in [0, 0.1) is 21.8 Å². The monoisotopic (exact) mass is 268 g/mol. The van der Waals surface area contributed by atoms with E-state index in [1.807, 2.05) is 0 Å². The van der Waals surface area contributed by atoms with Crippen LogP contribution < -0.4 is 10.1 Å². The van der Waals surface area contributed by atoms with Crippen LogP contribution in [-0.2, 0) is 0 Å². The molecule has 1 aliphatic rings. The Morgan fingerprint density at radius 1 is 1.42 bits per heavy atom. The molecule has 104 valence electrons. The van der Waals surface area contributed by atoms with Crippen LogP contribution in [0.2, 0.25) is 0 Å². The van der Waals surface area contributed by atoms with Crippen LogP contribution in [0.25, 0.3) is 0 Å². The minimum Gasteiger partial charge on any atom is -0.485 e. The van der Waals surface area contributed by atoms with Gasteiger partial charge in [-0.2, -0.15) is 0 Å². The van der Waals surface area contributed by atoms with Crippen molar-refractivity contribution in [2.75, 3.05) is 19.7 Å². The largest absolute Gasteiger partial charge is 0.485 e. The number of piperidine rings is 1. The number of nitrogens with one attached hydrogen (secondary N) is 1. The van der Waals surface area contributed by atoms with Crippen molar-refractivity contribution < 1.29 is 14.1 Å². The summed E-state index contributed by atoms with van der Waals surface area (Å²) in [5.41, 5.74) is -0.315. The van der Waals surface area contributed by atoms with E-state index in [9.17, 15) is 14.5 Å². The lowest BCUT2D eigenvalue weighted by molar-refractivity contribution is -0.386. The zero-order chi connectivity index (χ0) is 13.7. The second-order valence-electron chi connectivity index (χ2n) is 4.68. The number of para-hydroxylation sites is 1. The van der Waals surface area contributed by atoms with Gasteiger partial charge in [0, 0.05) is 6.07 Å². The fraction of sp³-hybridized carbons (Fsp3) is 0.538. The maximum absolute atomic E-state index is 13.5. The van der Waals surface area contributed by atoms with Gasteiger partial charge in [0.1, 0.15) is 0 Å². The fourth-order valence-electron chi connectivity index (χ4n) is 2.28. The SMILES string of the molecule is O=[N+]([O-])c1cccc(F)c1OCCC1CCNCC1. The first-order valence-corrected chi connectivity index (χ1v) is 6.45. The Balaban J connectivity index is 1.93. The Morgan fingerprint density at radius 2 is 2.16 bits per heavy atom. The third-order valence-corrected chi connectivity index (χ3v) is 3.37. The van der Waals surface area contributed by atoms with Gasteiger partial charge < -0.3 is 10.1 Å². The van der Waals surface area contributed by atoms with Crippen LogP contribution in [-0.4, -0.2) is 24.6 Å². The molecule has 0 unspecified atom stereocenters. The van der Waals surface area contributed by atoms with Gasteiger partial charge in [-0.3, -0.25) is 10.1 Å². The summed E-state index contributed by atoms with van der Waals surface area (Å²) in [6, 6.07) is 3.74. The molecule has 1 heterocycles. The zero-order valence-electron chi connectivity index (χ0n) is 10.6. The van der Waals surface area contributed by atoms with Crippen molar-refractivity contribution in [3.8, 4) is 5.75 Å². The first kappa shape index (κ1) is 13.7. The van der Waals surface area contributed by atoms with Gasteiger partial charge in [-0.05, 0) is 44.3 Å². The van der Waals surface area contributed by atoms with E-state index in [4.69, 9.17) is 4.74 Å². The molecule has 1 fully saturated rings. The molecule has 0 aromatic heterocycles. The predicted molar refractivity (Wildman–Crippen MR) is 68.8 cm³/mol. The van der Waals surface area contributed by atoms with Crippen LogP contribution in [0.15, 0.2) is 18.2 Å². The summed E-state index contributed by atoms with van der Waals surface area (Å²) < 4.78 is 18.8. The van der Waals surface area contributed by atoms with E-state index in [1.165, 1.54) is 18.2 Å². The maximum Gasteiger partial charge on any atom is 0.314 e. The summed E-state index contributed by atoms with van der Waals surface area (Å²) in [7, 11) is 0. The number of hydrogen-bond acceptors (Lipinski definition) is 4. The molecule has 1 saturated heterocycles. The number of rotatable bonds is 5. The van der Waals surface area contributed by atoms with Crippen LogP contribution in [0.1, 0.15) is 19.3 Å². The van der Waals surface area contributed by atoms with Gasteiger partial charge in [0.25, 0.3) is 0 Å². The lowest BCUT2D eigenvalue weighted by Gasteiger charge is -2.22. The summed E-state index contributed by atoms with van der Waals surface area (Å²) in [6.07, 6.45) is 2.94. The fourth-order valence-corrected chi connectivity index (χ4v) is 2.28. The van der Waals surface area contributed by atoms with Crippen molar-refractivity contribution in [2.24, 2.45) is 5.92 Å². The highest BCUT2D eigenvalue weighted by Gasteiger charge is 2.20. The van der Waals surface area contributed by atoms with E-state index in [2.05, 4.69) is 5.32 Å². The predicted octanol–water partition coefficient (Wildman–Crippen LogP) is 2.50. The zero-order valence-corrected chi connectivity index (χ0v) is 10.6. The molecule has 1 aliphatic heterocycles. The van der Waals surface area contributed by atoms with Gasteiger partial charge in [-0.25, -0.2) is 4.39 Å². The summed E-state index contributed by atoms with van der Waals surface area (Å²) in [5, 5.41) is 14.1. The highest BCUT2D eigenvalue weighted by Crippen LogP contribution is 2.30. The van der Waals surface area contributed by atoms with Gasteiger partial charge in [-0.1, -0.05) is 6.07 Å². The minimum atomic E-state index is -0.681. The van der Waals surface area contributed by atoms with Gasteiger partial charge in [0.15, 0.2) is 5.82 Å². The highest BCUT2D eigenvalue weighted by atomic mass is 19.1. The summed E-state index contributed by atoms with van der Waals surface area (Å²) in [6.45, 7) is 2.29. The van der Waals surface area contributed by atoms with Gasteiger partial charge in [0.2, 0.25) is 5.75 Å². The molecule has 0 amide bonds. The molecule has 0 bridgehead atoms. The molecule has 0 atom stereocenters. The van der Waals surface area contributed by atoms with E-state index in [0.29, 0.717) is 12.5 Å². The number of benzene rings is 1. The lowest BCUT2D eigenvalue weighted by atomic mass is 9.95. The van der Waals surface area contributed by atoms with Crippen molar-refractivity contribution >= 4 is 5.69 Å². The molecular weight excluding hydrogens is 251 g/mol. The van der Waals surface area contributed by atoms with Crippen molar-refractivity contribution in [2.45, 2.75) is 19.3 Å². The molecule has 19 heavy (non-hydrogen) atoms. The topological polar surface area (TPSA) is 64.4 Å². The van der Waals surface area contributed by atoms with Crippen LogP contribution in [0.3, 0.4) is 0 Å². The molecule has 1 aromatic carbocycles. The van der Waals surface area contributed by atoms with Crippen molar-refractivity contribution in [3.63, 3.8) is 0 Å². The molecule has 1 aromatic rings. The normalized spacial score (nSPS) is 16.3. The van der Waals surface area contributed by atoms with Gasteiger partial charge in [-0.15, -0.1) is 0 Å². The lowest BCUT2D eigenvalue weighted by Crippen LogP contribution is -2.28.